The molecule has 0 bridgehead atoms. The number of fused-ring (bicyclic) bond motifs is 1. The minimum Gasteiger partial charge on any atom is -0.310 e. The van der Waals surface area contributed by atoms with Gasteiger partial charge in [-0.05, 0) is 69.9 Å². The van der Waals surface area contributed by atoms with Gasteiger partial charge in [-0.2, -0.15) is 0 Å². The highest BCUT2D eigenvalue weighted by Crippen LogP contribution is 2.42. The zero-order valence-corrected chi connectivity index (χ0v) is 15.2. The molecular weight excluding hydrogens is 302 g/mol. The average molecular weight is 330 g/mol. The molecule has 23 heavy (non-hydrogen) atoms. The standard InChI is InChI=1S/C19H27N3S/c1-12-4-6-16(20-11-12)13-5-7-18-17(10-13)21-19(23-18)14-8-15(9-14)22(2)3/h5,7,10,12,14-16,20H,4,6,8-9,11H2,1-3H3/t12-,14?,15?,16+/m0/s1. The van der Waals surface area contributed by atoms with Gasteiger partial charge in [-0.3, -0.25) is 0 Å². The fourth-order valence-corrected chi connectivity index (χ4v) is 4.92. The molecule has 1 aromatic carbocycles. The number of rotatable bonds is 3. The molecule has 0 spiro atoms. The molecule has 2 aliphatic rings. The van der Waals surface area contributed by atoms with Crippen LogP contribution in [0.5, 0.6) is 0 Å². The van der Waals surface area contributed by atoms with Crippen molar-refractivity contribution in [3.8, 4) is 0 Å². The van der Waals surface area contributed by atoms with Crippen LogP contribution in [0.1, 0.15) is 55.1 Å². The summed E-state index contributed by atoms with van der Waals surface area (Å²) < 4.78 is 1.35. The smallest absolute Gasteiger partial charge is 0.0970 e. The van der Waals surface area contributed by atoms with Gasteiger partial charge in [-0.1, -0.05) is 13.0 Å². The number of hydrogen-bond acceptors (Lipinski definition) is 4. The van der Waals surface area contributed by atoms with Gasteiger partial charge in [0.1, 0.15) is 0 Å². The SMILES string of the molecule is C[C@H]1CC[C@H](c2ccc3sc(C4CC(N(C)C)C4)nc3c2)NC1. The number of aromatic nitrogens is 1. The third kappa shape index (κ3) is 3.04. The third-order valence-electron chi connectivity index (χ3n) is 5.68. The predicted molar refractivity (Wildman–Crippen MR) is 98.2 cm³/mol. The Labute approximate surface area is 143 Å². The first kappa shape index (κ1) is 15.6. The maximum atomic E-state index is 4.97. The quantitative estimate of drug-likeness (QED) is 0.916. The van der Waals surface area contributed by atoms with Gasteiger partial charge in [-0.25, -0.2) is 4.98 Å². The van der Waals surface area contributed by atoms with Crippen LogP contribution in [-0.2, 0) is 0 Å². The zero-order valence-electron chi connectivity index (χ0n) is 14.4. The lowest BCUT2D eigenvalue weighted by atomic mass is 9.80. The molecule has 3 nitrogen and oxygen atoms in total. The van der Waals surface area contributed by atoms with Crippen molar-refractivity contribution in [2.75, 3.05) is 20.6 Å². The molecule has 2 atom stereocenters. The van der Waals surface area contributed by atoms with E-state index in [9.17, 15) is 0 Å². The number of nitrogens with zero attached hydrogens (tertiary/aromatic N) is 2. The summed E-state index contributed by atoms with van der Waals surface area (Å²) in [6.07, 6.45) is 5.10. The highest BCUT2D eigenvalue weighted by Gasteiger charge is 2.33. The summed E-state index contributed by atoms with van der Waals surface area (Å²) in [5.41, 5.74) is 2.62. The van der Waals surface area contributed by atoms with E-state index >= 15 is 0 Å². The molecule has 4 rings (SSSR count). The molecule has 4 heteroatoms. The molecule has 1 N–H and O–H groups in total. The van der Waals surface area contributed by atoms with Crippen LogP contribution >= 0.6 is 11.3 Å². The van der Waals surface area contributed by atoms with Gasteiger partial charge in [0, 0.05) is 18.0 Å². The second kappa shape index (κ2) is 6.15. The van der Waals surface area contributed by atoms with Gasteiger partial charge in [0.2, 0.25) is 0 Å². The molecule has 124 valence electrons. The summed E-state index contributed by atoms with van der Waals surface area (Å²) in [5.74, 6) is 1.49. The topological polar surface area (TPSA) is 28.2 Å². The van der Waals surface area contributed by atoms with Crippen molar-refractivity contribution < 1.29 is 0 Å². The van der Waals surface area contributed by atoms with E-state index in [1.807, 2.05) is 11.3 Å². The molecule has 0 radical (unpaired) electrons. The zero-order chi connectivity index (χ0) is 16.0. The molecule has 1 saturated heterocycles. The predicted octanol–water partition coefficient (Wildman–Crippen LogP) is 4.16. The van der Waals surface area contributed by atoms with E-state index in [-0.39, 0.29) is 0 Å². The molecular formula is C19H27N3S. The Morgan fingerprint density at radius 3 is 2.74 bits per heavy atom. The first-order valence-electron chi connectivity index (χ1n) is 8.90. The number of benzene rings is 1. The summed E-state index contributed by atoms with van der Waals surface area (Å²) in [6, 6.07) is 8.18. The average Bonchev–Trinajstić information content (AvgIpc) is 2.88. The normalized spacial score (nSPS) is 31.5. The summed E-state index contributed by atoms with van der Waals surface area (Å²) in [7, 11) is 4.37. The van der Waals surface area contributed by atoms with E-state index in [1.165, 1.54) is 46.5 Å². The maximum absolute atomic E-state index is 4.97. The Morgan fingerprint density at radius 1 is 1.22 bits per heavy atom. The van der Waals surface area contributed by atoms with E-state index < -0.39 is 0 Å². The van der Waals surface area contributed by atoms with Crippen LogP contribution in [0, 0.1) is 5.92 Å². The summed E-state index contributed by atoms with van der Waals surface area (Å²) in [6.45, 7) is 3.47. The monoisotopic (exact) mass is 329 g/mol. The van der Waals surface area contributed by atoms with Crippen molar-refractivity contribution in [1.29, 1.82) is 0 Å². The van der Waals surface area contributed by atoms with Crippen molar-refractivity contribution >= 4 is 21.6 Å². The second-order valence-corrected chi connectivity index (χ2v) is 8.77. The third-order valence-corrected chi connectivity index (χ3v) is 6.88. The molecule has 1 aliphatic heterocycles. The Kier molecular flexibility index (Phi) is 4.16. The van der Waals surface area contributed by atoms with Gasteiger partial charge in [-0.15, -0.1) is 11.3 Å². The first-order chi connectivity index (χ1) is 11.1. The van der Waals surface area contributed by atoms with Crippen molar-refractivity contribution in [3.05, 3.63) is 28.8 Å². The maximum Gasteiger partial charge on any atom is 0.0970 e. The highest BCUT2D eigenvalue weighted by atomic mass is 32.1. The van der Waals surface area contributed by atoms with Gasteiger partial charge < -0.3 is 10.2 Å². The second-order valence-electron chi connectivity index (χ2n) is 7.71. The number of thiazole rings is 1. The lowest BCUT2D eigenvalue weighted by Gasteiger charge is -2.38. The van der Waals surface area contributed by atoms with Crippen molar-refractivity contribution in [1.82, 2.24) is 15.2 Å². The fraction of sp³-hybridized carbons (Fsp3) is 0.632. The Hall–Kier alpha value is -0.970. The van der Waals surface area contributed by atoms with Gasteiger partial charge in [0.15, 0.2) is 0 Å². The van der Waals surface area contributed by atoms with E-state index in [1.54, 1.807) is 0 Å². The van der Waals surface area contributed by atoms with Crippen LogP contribution in [0.25, 0.3) is 10.2 Å². The van der Waals surface area contributed by atoms with Gasteiger partial charge >= 0.3 is 0 Å². The lowest BCUT2D eigenvalue weighted by molar-refractivity contribution is 0.166. The Morgan fingerprint density at radius 2 is 2.04 bits per heavy atom. The number of hydrogen-bond donors (Lipinski definition) is 1. The molecule has 0 unspecified atom stereocenters. The van der Waals surface area contributed by atoms with Crippen LogP contribution in [0.2, 0.25) is 0 Å². The van der Waals surface area contributed by atoms with Crippen LogP contribution in [0.3, 0.4) is 0 Å². The molecule has 2 heterocycles. The van der Waals surface area contributed by atoms with Crippen LogP contribution < -0.4 is 5.32 Å². The van der Waals surface area contributed by atoms with Gasteiger partial charge in [0.25, 0.3) is 0 Å². The fourth-order valence-electron chi connectivity index (χ4n) is 3.85. The molecule has 1 aromatic heterocycles. The highest BCUT2D eigenvalue weighted by molar-refractivity contribution is 7.18. The Bertz CT molecular complexity index is 679. The largest absolute Gasteiger partial charge is 0.310 e. The molecule has 1 aliphatic carbocycles. The van der Waals surface area contributed by atoms with Crippen LogP contribution in [0.4, 0.5) is 0 Å². The van der Waals surface area contributed by atoms with Crippen LogP contribution in [0.15, 0.2) is 18.2 Å². The summed E-state index contributed by atoms with van der Waals surface area (Å²) >= 11 is 1.90. The van der Waals surface area contributed by atoms with E-state index in [4.69, 9.17) is 4.98 Å². The first-order valence-corrected chi connectivity index (χ1v) is 9.72. The van der Waals surface area contributed by atoms with Crippen molar-refractivity contribution in [2.45, 2.75) is 50.6 Å². The number of nitrogens with one attached hydrogen (secondary N) is 1. The summed E-state index contributed by atoms with van der Waals surface area (Å²) in [5, 5.41) is 5.04. The van der Waals surface area contributed by atoms with Crippen LogP contribution in [-0.4, -0.2) is 36.6 Å². The molecule has 2 aromatic rings. The van der Waals surface area contributed by atoms with Crippen molar-refractivity contribution in [3.63, 3.8) is 0 Å². The molecule has 0 amide bonds. The minimum absolute atomic E-state index is 0.516. The van der Waals surface area contributed by atoms with Crippen molar-refractivity contribution in [2.24, 2.45) is 5.92 Å². The van der Waals surface area contributed by atoms with E-state index in [2.05, 4.69) is 49.4 Å². The molecule has 1 saturated carbocycles. The van der Waals surface area contributed by atoms with E-state index in [0.717, 1.165) is 18.5 Å². The Balaban J connectivity index is 1.51. The van der Waals surface area contributed by atoms with E-state index in [0.29, 0.717) is 12.0 Å². The minimum atomic E-state index is 0.516. The summed E-state index contributed by atoms with van der Waals surface area (Å²) in [4.78, 5) is 7.32. The molecule has 2 fully saturated rings. The lowest BCUT2D eigenvalue weighted by Crippen LogP contribution is -2.39. The number of piperidine rings is 1. The van der Waals surface area contributed by atoms with Gasteiger partial charge in [0.05, 0.1) is 15.2 Å².